The van der Waals surface area contributed by atoms with E-state index >= 15 is 0 Å². The van der Waals surface area contributed by atoms with Crippen LogP contribution in [0, 0.1) is 17.2 Å². The number of hydrogen-bond donors (Lipinski definition) is 1. The average Bonchev–Trinajstić information content (AvgIpc) is 3.53. The van der Waals surface area contributed by atoms with Crippen LogP contribution < -0.4 is 14.8 Å². The van der Waals surface area contributed by atoms with E-state index in [0.29, 0.717) is 11.5 Å². The SMILES string of the molecule is COc1ccc(C(OCC2OC(N3CC(C)C(=O)NC3=O)C(OC)C2OP(OCCC#N)N(C(C)C)C(C)C)(c2ccccc2)c2ccc(OC)cc2)cc1. The van der Waals surface area contributed by atoms with Crippen LogP contribution in [0.1, 0.15) is 57.7 Å². The summed E-state index contributed by atoms with van der Waals surface area (Å²) in [6.07, 6.45) is -3.18. The van der Waals surface area contributed by atoms with Crippen molar-refractivity contribution >= 4 is 20.5 Å². The molecule has 55 heavy (non-hydrogen) atoms. The van der Waals surface area contributed by atoms with E-state index in [4.69, 9.17) is 32.7 Å². The highest BCUT2D eigenvalue weighted by Crippen LogP contribution is 2.50. The minimum absolute atomic E-state index is 0.0252. The molecule has 1 N–H and O–H groups in total. The summed E-state index contributed by atoms with van der Waals surface area (Å²) >= 11 is 0. The lowest BCUT2D eigenvalue weighted by molar-refractivity contribution is -0.133. The van der Waals surface area contributed by atoms with Crippen LogP contribution in [0.15, 0.2) is 78.9 Å². The number of carbonyl (C=O) groups is 2. The van der Waals surface area contributed by atoms with Gasteiger partial charge in [0.15, 0.2) is 6.23 Å². The molecule has 3 aromatic rings. The molecule has 0 spiro atoms. The minimum Gasteiger partial charge on any atom is -0.497 e. The zero-order valence-electron chi connectivity index (χ0n) is 32.8. The van der Waals surface area contributed by atoms with E-state index in [0.717, 1.165) is 16.7 Å². The van der Waals surface area contributed by atoms with Gasteiger partial charge in [-0.2, -0.15) is 5.26 Å². The number of imide groups is 1. The fraction of sp³-hybridized carbons (Fsp3) is 0.488. The predicted molar refractivity (Wildman–Crippen MR) is 207 cm³/mol. The number of nitrogens with zero attached hydrogens (tertiary/aromatic N) is 3. The van der Waals surface area contributed by atoms with Crippen molar-refractivity contribution in [3.8, 4) is 17.6 Å². The molecule has 3 amide bonds. The maximum Gasteiger partial charge on any atom is 0.326 e. The van der Waals surface area contributed by atoms with E-state index in [1.165, 1.54) is 4.90 Å². The van der Waals surface area contributed by atoms with Gasteiger partial charge in [-0.3, -0.25) is 15.0 Å². The van der Waals surface area contributed by atoms with Gasteiger partial charge in [-0.05, 0) is 68.7 Å². The molecule has 3 aromatic carbocycles. The smallest absolute Gasteiger partial charge is 0.326 e. The minimum atomic E-state index is -1.76. The van der Waals surface area contributed by atoms with Crippen molar-refractivity contribution in [3.05, 3.63) is 95.6 Å². The van der Waals surface area contributed by atoms with Gasteiger partial charge in [0, 0.05) is 25.7 Å². The molecule has 0 radical (unpaired) electrons. The van der Waals surface area contributed by atoms with Crippen LogP contribution in [-0.2, 0) is 33.7 Å². The largest absolute Gasteiger partial charge is 0.497 e. The lowest BCUT2D eigenvalue weighted by atomic mass is 9.80. The van der Waals surface area contributed by atoms with Crippen molar-refractivity contribution in [1.29, 1.82) is 5.26 Å². The molecule has 2 aliphatic heterocycles. The number of amides is 3. The molecule has 2 fully saturated rings. The van der Waals surface area contributed by atoms with E-state index in [1.54, 1.807) is 28.3 Å². The van der Waals surface area contributed by atoms with Gasteiger partial charge < -0.3 is 32.7 Å². The first kappa shape index (κ1) is 42.0. The highest BCUT2D eigenvalue weighted by Gasteiger charge is 2.54. The summed E-state index contributed by atoms with van der Waals surface area (Å²) in [7, 11) is 3.02. The Morgan fingerprint density at radius 2 is 1.45 bits per heavy atom. The van der Waals surface area contributed by atoms with E-state index in [-0.39, 0.29) is 44.2 Å². The van der Waals surface area contributed by atoms with Crippen molar-refractivity contribution in [3.63, 3.8) is 0 Å². The number of methoxy groups -OCH3 is 3. The highest BCUT2D eigenvalue weighted by atomic mass is 31.2. The van der Waals surface area contributed by atoms with Gasteiger partial charge in [0.25, 0.3) is 8.53 Å². The lowest BCUT2D eigenvalue weighted by Gasteiger charge is -2.39. The van der Waals surface area contributed by atoms with Crippen LogP contribution in [0.25, 0.3) is 0 Å². The van der Waals surface area contributed by atoms with Gasteiger partial charge in [0.05, 0.1) is 45.8 Å². The summed E-state index contributed by atoms with van der Waals surface area (Å²) in [5.41, 5.74) is 1.34. The second kappa shape index (κ2) is 19.2. The third kappa shape index (κ3) is 9.30. The molecule has 0 bridgehead atoms. The number of nitrogens with one attached hydrogen (secondary N) is 1. The standard InChI is InChI=1S/C41H53N4O9P/c1-27(2)45(28(3)4)55(52-24-12-23-42)54-36-35(53-39(37(36)50-8)44-25-29(5)38(46)43-40(44)47)26-51-41(30-13-10-9-11-14-30,31-15-19-33(48-6)20-16-31)32-17-21-34(49-7)22-18-32/h9-11,13-22,27-29,35-37,39H,12,24-26H2,1-8H3,(H,43,46,47). The normalized spacial score (nSPS) is 22.2. The third-order valence-corrected chi connectivity index (χ3v) is 11.9. The fourth-order valence-electron chi connectivity index (χ4n) is 7.13. The van der Waals surface area contributed by atoms with Crippen molar-refractivity contribution in [2.75, 3.05) is 41.1 Å². The highest BCUT2D eigenvalue weighted by molar-refractivity contribution is 7.44. The van der Waals surface area contributed by atoms with Crippen LogP contribution >= 0.6 is 8.53 Å². The number of hydrogen-bond acceptors (Lipinski definition) is 11. The van der Waals surface area contributed by atoms with Crippen molar-refractivity contribution in [1.82, 2.24) is 14.9 Å². The molecule has 13 nitrogen and oxygen atoms in total. The number of carbonyl (C=O) groups excluding carboxylic acids is 2. The van der Waals surface area contributed by atoms with Gasteiger partial charge in [-0.1, -0.05) is 61.5 Å². The first-order valence-corrected chi connectivity index (χ1v) is 19.6. The average molecular weight is 777 g/mol. The van der Waals surface area contributed by atoms with Crippen molar-refractivity contribution < 1.29 is 42.3 Å². The first-order valence-electron chi connectivity index (χ1n) is 18.5. The summed E-state index contributed by atoms with van der Waals surface area (Å²) in [4.78, 5) is 27.3. The number of benzene rings is 3. The molecule has 6 atom stereocenters. The Balaban J connectivity index is 1.62. The first-order chi connectivity index (χ1) is 26.5. The molecule has 0 aromatic heterocycles. The van der Waals surface area contributed by atoms with Crippen LogP contribution in [0.4, 0.5) is 4.79 Å². The Hall–Kier alpha value is -4.12. The summed E-state index contributed by atoms with van der Waals surface area (Å²) in [5, 5.41) is 11.8. The van der Waals surface area contributed by atoms with Gasteiger partial charge in [0.1, 0.15) is 35.4 Å². The quantitative estimate of drug-likeness (QED) is 0.0849. The monoisotopic (exact) mass is 776 g/mol. The molecule has 0 aliphatic carbocycles. The zero-order valence-corrected chi connectivity index (χ0v) is 33.7. The van der Waals surface area contributed by atoms with E-state index in [2.05, 4.69) is 43.8 Å². The summed E-state index contributed by atoms with van der Waals surface area (Å²) in [6.45, 7) is 10.2. The maximum absolute atomic E-state index is 13.4. The van der Waals surface area contributed by atoms with Gasteiger partial charge in [-0.25, -0.2) is 9.46 Å². The molecule has 2 saturated heterocycles. The van der Waals surface area contributed by atoms with Crippen LogP contribution in [-0.4, -0.2) is 99.2 Å². The molecular weight excluding hydrogens is 723 g/mol. The van der Waals surface area contributed by atoms with E-state index in [9.17, 15) is 14.9 Å². The van der Waals surface area contributed by atoms with Gasteiger partial charge in [-0.15, -0.1) is 0 Å². The number of ether oxygens (including phenoxy) is 5. The van der Waals surface area contributed by atoms with E-state index in [1.807, 2.05) is 78.9 Å². The maximum atomic E-state index is 13.4. The molecular formula is C41H53N4O9P. The van der Waals surface area contributed by atoms with E-state index < -0.39 is 50.6 Å². The zero-order chi connectivity index (χ0) is 39.7. The molecule has 2 heterocycles. The van der Waals surface area contributed by atoms with Crippen LogP contribution in [0.2, 0.25) is 0 Å². The second-order valence-electron chi connectivity index (χ2n) is 14.0. The van der Waals surface area contributed by atoms with Crippen molar-refractivity contribution in [2.24, 2.45) is 5.92 Å². The van der Waals surface area contributed by atoms with Gasteiger partial charge >= 0.3 is 6.03 Å². The Morgan fingerprint density at radius 3 is 1.96 bits per heavy atom. The topological polar surface area (TPSA) is 141 Å². The fourth-order valence-corrected chi connectivity index (χ4v) is 8.90. The Bertz CT molecular complexity index is 1680. The Labute approximate surface area is 325 Å². The molecule has 5 rings (SSSR count). The molecule has 0 saturated carbocycles. The third-order valence-electron chi connectivity index (χ3n) is 9.79. The van der Waals surface area contributed by atoms with Crippen molar-refractivity contribution in [2.45, 2.75) is 83.3 Å². The summed E-state index contributed by atoms with van der Waals surface area (Å²) in [5.74, 6) is 0.548. The van der Waals surface area contributed by atoms with Crippen LogP contribution in [0.3, 0.4) is 0 Å². The Kier molecular flexibility index (Phi) is 14.6. The number of nitriles is 1. The summed E-state index contributed by atoms with van der Waals surface area (Å²) < 4.78 is 46.7. The number of rotatable bonds is 18. The van der Waals surface area contributed by atoms with Crippen LogP contribution in [0.5, 0.6) is 11.5 Å². The summed E-state index contributed by atoms with van der Waals surface area (Å²) in [6, 6.07) is 27.0. The number of urea groups is 1. The predicted octanol–water partition coefficient (Wildman–Crippen LogP) is 6.60. The lowest BCUT2D eigenvalue weighted by Crippen LogP contribution is -2.59. The van der Waals surface area contributed by atoms with Gasteiger partial charge in [0.2, 0.25) is 5.91 Å². The molecule has 296 valence electrons. The second-order valence-corrected chi connectivity index (χ2v) is 15.5. The molecule has 6 unspecified atom stereocenters. The molecule has 14 heteroatoms. The Morgan fingerprint density at radius 1 is 0.891 bits per heavy atom. The molecule has 2 aliphatic rings.